The van der Waals surface area contributed by atoms with Crippen molar-refractivity contribution in [2.45, 2.75) is 33.1 Å². The second kappa shape index (κ2) is 7.17. The highest BCUT2D eigenvalue weighted by atomic mass is 16.5. The van der Waals surface area contributed by atoms with E-state index in [0.717, 1.165) is 6.42 Å². The van der Waals surface area contributed by atoms with Crippen molar-refractivity contribution >= 4 is 11.7 Å². The fourth-order valence-electron chi connectivity index (χ4n) is 1.31. The fourth-order valence-corrected chi connectivity index (χ4v) is 1.31. The number of amides is 1. The van der Waals surface area contributed by atoms with Crippen LogP contribution in [0.15, 0.2) is 12.2 Å². The first kappa shape index (κ1) is 13.8. The minimum absolute atomic E-state index is 0.0416. The maximum atomic E-state index is 11.5. The lowest BCUT2D eigenvalue weighted by molar-refractivity contribution is -0.164. The van der Waals surface area contributed by atoms with Crippen LogP contribution in [0.4, 0.5) is 0 Å². The Bertz CT molecular complexity index is 246. The van der Waals surface area contributed by atoms with Crippen molar-refractivity contribution in [2.75, 3.05) is 7.05 Å². The van der Waals surface area contributed by atoms with Gasteiger partial charge in [-0.3, -0.25) is 10.0 Å². The fraction of sp³-hybridized carbons (Fsp3) is 0.636. The Kier molecular flexibility index (Phi) is 6.62. The summed E-state index contributed by atoms with van der Waals surface area (Å²) in [6.45, 7) is 3.44. The van der Waals surface area contributed by atoms with Crippen molar-refractivity contribution in [3.63, 3.8) is 0 Å². The third-order valence-corrected chi connectivity index (χ3v) is 2.03. The standard InChI is InChI=1S/C11H19NO3/c1-4-5-6-7-10(8-9(2)13)11(14)12(3)15/h5-6,10,15H,4,7-8H2,1-3H3/b6-5+. The predicted molar refractivity (Wildman–Crippen MR) is 57.4 cm³/mol. The number of hydrogen-bond acceptors (Lipinski definition) is 3. The van der Waals surface area contributed by atoms with Gasteiger partial charge in [-0.15, -0.1) is 0 Å². The monoisotopic (exact) mass is 213 g/mol. The lowest BCUT2D eigenvalue weighted by Gasteiger charge is -2.16. The van der Waals surface area contributed by atoms with Crippen LogP contribution in [0.3, 0.4) is 0 Å². The van der Waals surface area contributed by atoms with Crippen LogP contribution in [0.25, 0.3) is 0 Å². The number of Topliss-reactive ketones (excluding diaryl/α,β-unsaturated/α-hetero) is 1. The largest absolute Gasteiger partial charge is 0.300 e. The third-order valence-electron chi connectivity index (χ3n) is 2.03. The van der Waals surface area contributed by atoms with Gasteiger partial charge >= 0.3 is 0 Å². The predicted octanol–water partition coefficient (Wildman–Crippen LogP) is 1.79. The van der Waals surface area contributed by atoms with Gasteiger partial charge in [-0.05, 0) is 19.8 Å². The maximum absolute atomic E-state index is 11.5. The average Bonchev–Trinajstić information content (AvgIpc) is 2.14. The smallest absolute Gasteiger partial charge is 0.249 e. The number of rotatable bonds is 6. The molecule has 0 aliphatic rings. The van der Waals surface area contributed by atoms with Crippen molar-refractivity contribution in [3.8, 4) is 0 Å². The SMILES string of the molecule is CC/C=C/CC(CC(C)=O)C(=O)N(C)O. The first-order valence-electron chi connectivity index (χ1n) is 5.09. The highest BCUT2D eigenvalue weighted by Crippen LogP contribution is 2.13. The molecule has 0 aliphatic carbocycles. The van der Waals surface area contributed by atoms with Crippen LogP contribution in [0.1, 0.15) is 33.1 Å². The van der Waals surface area contributed by atoms with Crippen LogP contribution in [0, 0.1) is 5.92 Å². The number of carbonyl (C=O) groups is 2. The summed E-state index contributed by atoms with van der Waals surface area (Å²) in [5.74, 6) is -0.897. The van der Waals surface area contributed by atoms with Crippen LogP contribution >= 0.6 is 0 Å². The minimum atomic E-state index is -0.444. The Labute approximate surface area is 90.5 Å². The average molecular weight is 213 g/mol. The first-order chi connectivity index (χ1) is 6.99. The number of hydroxylamine groups is 2. The van der Waals surface area contributed by atoms with Crippen molar-refractivity contribution < 1.29 is 14.8 Å². The van der Waals surface area contributed by atoms with E-state index in [4.69, 9.17) is 5.21 Å². The lowest BCUT2D eigenvalue weighted by atomic mass is 9.98. The van der Waals surface area contributed by atoms with E-state index in [9.17, 15) is 9.59 Å². The summed E-state index contributed by atoms with van der Waals surface area (Å²) in [5.41, 5.74) is 0. The van der Waals surface area contributed by atoms with E-state index >= 15 is 0 Å². The highest BCUT2D eigenvalue weighted by Gasteiger charge is 2.21. The van der Waals surface area contributed by atoms with E-state index in [0.29, 0.717) is 11.5 Å². The molecule has 1 atom stereocenters. The molecule has 0 spiro atoms. The van der Waals surface area contributed by atoms with Crippen molar-refractivity contribution in [2.24, 2.45) is 5.92 Å². The van der Waals surface area contributed by atoms with E-state index in [1.54, 1.807) is 0 Å². The van der Waals surface area contributed by atoms with Gasteiger partial charge in [0.2, 0.25) is 5.91 Å². The molecule has 15 heavy (non-hydrogen) atoms. The molecule has 0 saturated carbocycles. The molecule has 0 aromatic carbocycles. The van der Waals surface area contributed by atoms with Gasteiger partial charge in [0.1, 0.15) is 5.78 Å². The number of allylic oxidation sites excluding steroid dienone is 2. The van der Waals surface area contributed by atoms with Crippen LogP contribution in [0.5, 0.6) is 0 Å². The molecule has 0 rings (SSSR count). The molecule has 0 aromatic rings. The molecule has 1 unspecified atom stereocenters. The summed E-state index contributed by atoms with van der Waals surface area (Å²) in [6.07, 6.45) is 5.39. The summed E-state index contributed by atoms with van der Waals surface area (Å²) >= 11 is 0. The van der Waals surface area contributed by atoms with Gasteiger partial charge in [-0.1, -0.05) is 19.1 Å². The Hall–Kier alpha value is -1.16. The normalized spacial score (nSPS) is 12.8. The van der Waals surface area contributed by atoms with Crippen LogP contribution in [0.2, 0.25) is 0 Å². The lowest BCUT2D eigenvalue weighted by Crippen LogP contribution is -2.31. The number of hydrogen-bond donors (Lipinski definition) is 1. The zero-order valence-electron chi connectivity index (χ0n) is 9.56. The van der Waals surface area contributed by atoms with E-state index in [-0.39, 0.29) is 12.2 Å². The van der Waals surface area contributed by atoms with E-state index in [1.807, 2.05) is 19.1 Å². The van der Waals surface area contributed by atoms with Gasteiger partial charge in [0.25, 0.3) is 0 Å². The Balaban J connectivity index is 4.36. The maximum Gasteiger partial charge on any atom is 0.249 e. The summed E-state index contributed by atoms with van der Waals surface area (Å²) in [6, 6.07) is 0. The highest BCUT2D eigenvalue weighted by molar-refractivity contribution is 5.85. The van der Waals surface area contributed by atoms with E-state index in [1.165, 1.54) is 14.0 Å². The Morgan fingerprint density at radius 2 is 2.00 bits per heavy atom. The summed E-state index contributed by atoms with van der Waals surface area (Å²) < 4.78 is 0. The van der Waals surface area contributed by atoms with Gasteiger partial charge in [0.05, 0.1) is 5.92 Å². The molecule has 4 nitrogen and oxygen atoms in total. The molecule has 1 amide bonds. The Morgan fingerprint density at radius 1 is 1.40 bits per heavy atom. The van der Waals surface area contributed by atoms with Gasteiger partial charge in [-0.2, -0.15) is 0 Å². The summed E-state index contributed by atoms with van der Waals surface area (Å²) in [5, 5.41) is 9.56. The molecule has 0 bridgehead atoms. The van der Waals surface area contributed by atoms with Gasteiger partial charge < -0.3 is 4.79 Å². The quantitative estimate of drug-likeness (QED) is 0.415. The third kappa shape index (κ3) is 6.01. The molecule has 0 heterocycles. The summed E-state index contributed by atoms with van der Waals surface area (Å²) in [4.78, 5) is 22.4. The summed E-state index contributed by atoms with van der Waals surface area (Å²) in [7, 11) is 1.28. The molecular weight excluding hydrogens is 194 g/mol. The van der Waals surface area contributed by atoms with Crippen LogP contribution < -0.4 is 0 Å². The van der Waals surface area contributed by atoms with Gasteiger partial charge in [-0.25, -0.2) is 5.06 Å². The van der Waals surface area contributed by atoms with Crippen LogP contribution in [-0.4, -0.2) is 29.0 Å². The minimum Gasteiger partial charge on any atom is -0.300 e. The molecule has 4 heteroatoms. The molecular formula is C11H19NO3. The number of nitrogens with zero attached hydrogens (tertiary/aromatic N) is 1. The number of ketones is 1. The molecule has 0 radical (unpaired) electrons. The zero-order chi connectivity index (χ0) is 11.8. The van der Waals surface area contributed by atoms with E-state index < -0.39 is 11.8 Å². The van der Waals surface area contributed by atoms with Gasteiger partial charge in [0, 0.05) is 13.5 Å². The molecule has 1 N–H and O–H groups in total. The van der Waals surface area contributed by atoms with E-state index in [2.05, 4.69) is 0 Å². The molecule has 0 aliphatic heterocycles. The second-order valence-electron chi connectivity index (χ2n) is 3.58. The van der Waals surface area contributed by atoms with Crippen molar-refractivity contribution in [1.29, 1.82) is 0 Å². The first-order valence-corrected chi connectivity index (χ1v) is 5.09. The molecule has 0 fully saturated rings. The van der Waals surface area contributed by atoms with Crippen molar-refractivity contribution in [3.05, 3.63) is 12.2 Å². The van der Waals surface area contributed by atoms with Gasteiger partial charge in [0.15, 0.2) is 0 Å². The number of carbonyl (C=O) groups excluding carboxylic acids is 2. The topological polar surface area (TPSA) is 57.6 Å². The molecule has 0 saturated heterocycles. The molecule has 86 valence electrons. The zero-order valence-corrected chi connectivity index (χ0v) is 9.56. The van der Waals surface area contributed by atoms with Crippen molar-refractivity contribution in [1.82, 2.24) is 5.06 Å². The second-order valence-corrected chi connectivity index (χ2v) is 3.58. The van der Waals surface area contributed by atoms with Crippen LogP contribution in [-0.2, 0) is 9.59 Å². The Morgan fingerprint density at radius 3 is 2.40 bits per heavy atom. The molecule has 0 aromatic heterocycles.